The van der Waals surface area contributed by atoms with Gasteiger partial charge in [-0.2, -0.15) is 0 Å². The second-order valence-electron chi connectivity index (χ2n) is 8.84. The summed E-state index contributed by atoms with van der Waals surface area (Å²) in [5.41, 5.74) is 2.00. The Balaban J connectivity index is 2.55. The Bertz CT molecular complexity index is 1170. The maximum atomic E-state index is 13.8. The van der Waals surface area contributed by atoms with Crippen LogP contribution in [0.15, 0.2) is 42.5 Å². The molecule has 0 aliphatic carbocycles. The highest BCUT2D eigenvalue weighted by Gasteiger charge is 2.33. The summed E-state index contributed by atoms with van der Waals surface area (Å²) in [5, 5.41) is 2.88. The number of nitrogens with zero attached hydrogens (tertiary/aromatic N) is 2. The first-order chi connectivity index (χ1) is 16.9. The zero-order valence-corrected chi connectivity index (χ0v) is 22.9. The summed E-state index contributed by atoms with van der Waals surface area (Å²) in [6.07, 6.45) is 1.38. The quantitative estimate of drug-likeness (QED) is 0.462. The van der Waals surface area contributed by atoms with E-state index in [9.17, 15) is 18.0 Å². The van der Waals surface area contributed by atoms with Gasteiger partial charge in [0.05, 0.1) is 26.2 Å². The fourth-order valence-electron chi connectivity index (χ4n) is 3.86. The molecule has 0 aromatic heterocycles. The summed E-state index contributed by atoms with van der Waals surface area (Å²) in [7, 11) is -1.03. The van der Waals surface area contributed by atoms with Gasteiger partial charge >= 0.3 is 0 Å². The number of hydrogen-bond acceptors (Lipinski definition) is 6. The lowest BCUT2D eigenvalue weighted by molar-refractivity contribution is -0.140. The van der Waals surface area contributed by atoms with Crippen LogP contribution in [-0.2, 0) is 26.2 Å². The van der Waals surface area contributed by atoms with Gasteiger partial charge in [-0.05, 0) is 50.5 Å². The Morgan fingerprint density at radius 1 is 1.06 bits per heavy atom. The number of sulfonamides is 1. The molecule has 0 spiro atoms. The van der Waals surface area contributed by atoms with Crippen LogP contribution in [0.5, 0.6) is 11.5 Å². The van der Waals surface area contributed by atoms with Crippen LogP contribution in [0.2, 0.25) is 0 Å². The van der Waals surface area contributed by atoms with Gasteiger partial charge in [0.15, 0.2) is 0 Å². The average molecular weight is 520 g/mol. The topological polar surface area (TPSA) is 105 Å². The number of hydrogen-bond donors (Lipinski definition) is 1. The van der Waals surface area contributed by atoms with Gasteiger partial charge < -0.3 is 19.7 Å². The first-order valence-electron chi connectivity index (χ1n) is 11.8. The van der Waals surface area contributed by atoms with E-state index in [2.05, 4.69) is 5.32 Å². The molecule has 0 aliphatic rings. The summed E-state index contributed by atoms with van der Waals surface area (Å²) >= 11 is 0. The third kappa shape index (κ3) is 7.36. The van der Waals surface area contributed by atoms with Crippen LogP contribution < -0.4 is 19.1 Å². The monoisotopic (exact) mass is 519 g/mol. The number of carbonyl (C=O) groups excluding carboxylic acids is 2. The minimum Gasteiger partial charge on any atom is -0.497 e. The highest BCUT2D eigenvalue weighted by molar-refractivity contribution is 7.92. The number of methoxy groups -OCH3 is 2. The molecule has 0 saturated carbocycles. The smallest absolute Gasteiger partial charge is 0.244 e. The van der Waals surface area contributed by atoms with Gasteiger partial charge in [-0.25, -0.2) is 8.42 Å². The fourth-order valence-corrected chi connectivity index (χ4v) is 4.70. The Morgan fingerprint density at radius 2 is 1.72 bits per heavy atom. The van der Waals surface area contributed by atoms with Crippen molar-refractivity contribution in [3.05, 3.63) is 53.6 Å². The third-order valence-corrected chi connectivity index (χ3v) is 6.88. The van der Waals surface area contributed by atoms with Gasteiger partial charge in [0.25, 0.3) is 0 Å². The Kier molecular flexibility index (Phi) is 10.2. The number of aryl methyl sites for hydroxylation is 1. The first kappa shape index (κ1) is 29.0. The highest BCUT2D eigenvalue weighted by atomic mass is 32.2. The molecular formula is C26H37N3O6S. The molecule has 0 saturated heterocycles. The molecule has 2 aromatic rings. The van der Waals surface area contributed by atoms with Crippen LogP contribution in [0.25, 0.3) is 0 Å². The zero-order chi connectivity index (χ0) is 27.0. The molecule has 2 aromatic carbocycles. The Morgan fingerprint density at radius 3 is 2.25 bits per heavy atom. The molecule has 0 radical (unpaired) electrons. The molecule has 0 fully saturated rings. The third-order valence-electron chi connectivity index (χ3n) is 5.75. The van der Waals surface area contributed by atoms with Crippen LogP contribution >= 0.6 is 0 Å². The number of nitrogens with one attached hydrogen (secondary N) is 1. The van der Waals surface area contributed by atoms with E-state index in [1.165, 1.54) is 25.2 Å². The lowest BCUT2D eigenvalue weighted by Crippen LogP contribution is -2.53. The zero-order valence-electron chi connectivity index (χ0n) is 22.1. The van der Waals surface area contributed by atoms with Crippen LogP contribution in [0, 0.1) is 6.92 Å². The van der Waals surface area contributed by atoms with Crippen molar-refractivity contribution >= 4 is 27.5 Å². The van der Waals surface area contributed by atoms with Gasteiger partial charge in [-0.15, -0.1) is 0 Å². The van der Waals surface area contributed by atoms with Crippen LogP contribution in [0.4, 0.5) is 5.69 Å². The van der Waals surface area contributed by atoms with Gasteiger partial charge in [0, 0.05) is 18.7 Å². The Labute approximate surface area is 214 Å². The van der Waals surface area contributed by atoms with E-state index in [4.69, 9.17) is 9.47 Å². The van der Waals surface area contributed by atoms with Gasteiger partial charge in [-0.3, -0.25) is 13.9 Å². The maximum absolute atomic E-state index is 13.8. The second kappa shape index (κ2) is 12.6. The van der Waals surface area contributed by atoms with Crippen LogP contribution in [-0.4, -0.2) is 64.2 Å². The summed E-state index contributed by atoms with van der Waals surface area (Å²) in [6, 6.07) is 11.4. The van der Waals surface area contributed by atoms with Gasteiger partial charge in [-0.1, -0.05) is 31.2 Å². The molecule has 1 atom stereocenters. The molecule has 2 rings (SSSR count). The van der Waals surface area contributed by atoms with Crippen molar-refractivity contribution in [2.24, 2.45) is 0 Å². The molecular weight excluding hydrogens is 482 g/mol. The molecule has 10 heteroatoms. The first-order valence-corrected chi connectivity index (χ1v) is 13.6. The maximum Gasteiger partial charge on any atom is 0.244 e. The molecule has 0 heterocycles. The van der Waals surface area contributed by atoms with E-state index in [1.807, 2.05) is 52.0 Å². The van der Waals surface area contributed by atoms with E-state index in [1.54, 1.807) is 12.1 Å². The summed E-state index contributed by atoms with van der Waals surface area (Å²) in [4.78, 5) is 28.3. The molecule has 9 nitrogen and oxygen atoms in total. The molecule has 1 unspecified atom stereocenters. The minimum absolute atomic E-state index is 0.115. The highest BCUT2D eigenvalue weighted by Crippen LogP contribution is 2.34. The van der Waals surface area contributed by atoms with E-state index in [0.717, 1.165) is 21.7 Å². The molecule has 36 heavy (non-hydrogen) atoms. The average Bonchev–Trinajstić information content (AvgIpc) is 2.81. The van der Waals surface area contributed by atoms with Gasteiger partial charge in [0.2, 0.25) is 21.8 Å². The van der Waals surface area contributed by atoms with E-state index >= 15 is 0 Å². The largest absolute Gasteiger partial charge is 0.497 e. The summed E-state index contributed by atoms with van der Waals surface area (Å²) in [5.74, 6) is -0.130. The van der Waals surface area contributed by atoms with Crippen molar-refractivity contribution in [3.8, 4) is 11.5 Å². The summed E-state index contributed by atoms with van der Waals surface area (Å²) < 4.78 is 37.4. The second-order valence-corrected chi connectivity index (χ2v) is 10.7. The molecule has 198 valence electrons. The normalized spacial score (nSPS) is 12.1. The van der Waals surface area contributed by atoms with E-state index in [0.29, 0.717) is 12.2 Å². The standard InChI is InChI=1S/C26H37N3O6S/c1-8-22(26(31)27-18(2)3)28(16-20-12-10-9-11-19(20)4)25(30)17-29(36(7,32)33)23-15-21(34-5)13-14-24(23)35-6/h9-15,18,22H,8,16-17H2,1-7H3,(H,27,31). The van der Waals surface area contributed by atoms with Crippen molar-refractivity contribution in [1.82, 2.24) is 10.2 Å². The summed E-state index contributed by atoms with van der Waals surface area (Å²) in [6.45, 7) is 7.08. The van der Waals surface area contributed by atoms with Crippen molar-refractivity contribution in [3.63, 3.8) is 0 Å². The lowest BCUT2D eigenvalue weighted by atomic mass is 10.1. The number of benzene rings is 2. The number of amides is 2. The minimum atomic E-state index is -3.91. The lowest BCUT2D eigenvalue weighted by Gasteiger charge is -2.33. The van der Waals surface area contributed by atoms with Crippen molar-refractivity contribution in [1.29, 1.82) is 0 Å². The predicted molar refractivity (Wildman–Crippen MR) is 141 cm³/mol. The number of carbonyl (C=O) groups is 2. The molecule has 2 amide bonds. The van der Waals surface area contributed by atoms with Crippen LogP contribution in [0.1, 0.15) is 38.3 Å². The Hall–Kier alpha value is -3.27. The number of anilines is 1. The van der Waals surface area contributed by atoms with Crippen molar-refractivity contribution < 1.29 is 27.5 Å². The molecule has 0 aliphatic heterocycles. The number of ether oxygens (including phenoxy) is 2. The van der Waals surface area contributed by atoms with Crippen molar-refractivity contribution in [2.75, 3.05) is 31.3 Å². The van der Waals surface area contributed by atoms with Crippen molar-refractivity contribution in [2.45, 2.75) is 52.7 Å². The molecule has 1 N–H and O–H groups in total. The SMILES string of the molecule is CCC(C(=O)NC(C)C)N(Cc1ccccc1C)C(=O)CN(c1cc(OC)ccc1OC)S(C)(=O)=O. The van der Waals surface area contributed by atoms with Crippen LogP contribution in [0.3, 0.4) is 0 Å². The number of rotatable bonds is 12. The van der Waals surface area contributed by atoms with E-state index in [-0.39, 0.29) is 29.9 Å². The molecule has 0 bridgehead atoms. The van der Waals surface area contributed by atoms with E-state index < -0.39 is 28.5 Å². The predicted octanol–water partition coefficient (Wildman–Crippen LogP) is 3.11. The fraction of sp³-hybridized carbons (Fsp3) is 0.462. The van der Waals surface area contributed by atoms with Gasteiger partial charge in [0.1, 0.15) is 24.1 Å².